The summed E-state index contributed by atoms with van der Waals surface area (Å²) in [6.07, 6.45) is 1.05. The van der Waals surface area contributed by atoms with Gasteiger partial charge in [-0.3, -0.25) is 4.79 Å². The molecule has 0 amide bonds. The van der Waals surface area contributed by atoms with Gasteiger partial charge in [-0.25, -0.2) is 4.79 Å². The van der Waals surface area contributed by atoms with Crippen LogP contribution in [0.1, 0.15) is 25.8 Å². The molecule has 3 heteroatoms. The molecule has 0 bridgehead atoms. The highest BCUT2D eigenvalue weighted by atomic mass is 16.4. The number of carbonyl (C=O) groups is 1. The Balaban J connectivity index is 2.30. The van der Waals surface area contributed by atoms with Crippen LogP contribution in [0.15, 0.2) is 51.7 Å². The quantitative estimate of drug-likeness (QED) is 0.835. The first-order chi connectivity index (χ1) is 9.58. The molecule has 2 aromatic rings. The van der Waals surface area contributed by atoms with Gasteiger partial charge in [0.15, 0.2) is 0 Å². The minimum absolute atomic E-state index is 0.0332. The summed E-state index contributed by atoms with van der Waals surface area (Å²) < 4.78 is 5.32. The molecule has 0 aliphatic rings. The SMILES string of the molecule is CC(C)C(=O)CCc1ccc(=O)oc1-c1ccccc1. The molecule has 0 radical (unpaired) electrons. The Labute approximate surface area is 118 Å². The van der Waals surface area contributed by atoms with Crippen molar-refractivity contribution in [2.75, 3.05) is 0 Å². The fraction of sp³-hybridized carbons (Fsp3) is 0.294. The molecule has 1 aromatic carbocycles. The van der Waals surface area contributed by atoms with E-state index in [-0.39, 0.29) is 17.3 Å². The van der Waals surface area contributed by atoms with Crippen LogP contribution in [0.2, 0.25) is 0 Å². The Bertz CT molecular complexity index is 639. The summed E-state index contributed by atoms with van der Waals surface area (Å²) in [4.78, 5) is 23.2. The molecule has 20 heavy (non-hydrogen) atoms. The number of benzene rings is 1. The standard InChI is InChI=1S/C17H18O3/c1-12(2)15(18)10-8-14-9-11-16(19)20-17(14)13-6-4-3-5-7-13/h3-7,9,11-12H,8,10H2,1-2H3. The van der Waals surface area contributed by atoms with E-state index in [0.717, 1.165) is 11.1 Å². The highest BCUT2D eigenvalue weighted by molar-refractivity contribution is 5.80. The van der Waals surface area contributed by atoms with Crippen molar-refractivity contribution in [2.45, 2.75) is 26.7 Å². The highest BCUT2D eigenvalue weighted by Crippen LogP contribution is 2.23. The molecule has 1 heterocycles. The molecule has 0 aliphatic carbocycles. The van der Waals surface area contributed by atoms with E-state index in [9.17, 15) is 9.59 Å². The maximum Gasteiger partial charge on any atom is 0.336 e. The largest absolute Gasteiger partial charge is 0.422 e. The summed E-state index contributed by atoms with van der Waals surface area (Å²) in [5.74, 6) is 0.816. The summed E-state index contributed by atoms with van der Waals surface area (Å²) in [7, 11) is 0. The number of carbonyl (C=O) groups excluding carboxylic acids is 1. The second-order valence-electron chi connectivity index (χ2n) is 5.10. The van der Waals surface area contributed by atoms with Crippen LogP contribution >= 0.6 is 0 Å². The molecule has 3 nitrogen and oxygen atoms in total. The first-order valence-corrected chi connectivity index (χ1v) is 6.79. The fourth-order valence-corrected chi connectivity index (χ4v) is 2.02. The maximum absolute atomic E-state index is 11.7. The third-order valence-electron chi connectivity index (χ3n) is 3.24. The van der Waals surface area contributed by atoms with E-state index in [1.165, 1.54) is 6.07 Å². The van der Waals surface area contributed by atoms with Crippen molar-refractivity contribution in [3.05, 3.63) is 58.4 Å². The zero-order valence-electron chi connectivity index (χ0n) is 11.8. The van der Waals surface area contributed by atoms with Gasteiger partial charge in [-0.1, -0.05) is 44.2 Å². The van der Waals surface area contributed by atoms with E-state index < -0.39 is 0 Å². The van der Waals surface area contributed by atoms with Crippen LogP contribution in [0.4, 0.5) is 0 Å². The normalized spacial score (nSPS) is 10.8. The molecule has 0 saturated heterocycles. The van der Waals surface area contributed by atoms with Crippen molar-refractivity contribution in [3.63, 3.8) is 0 Å². The topological polar surface area (TPSA) is 47.3 Å². The van der Waals surface area contributed by atoms with Gasteiger partial charge < -0.3 is 4.42 Å². The Morgan fingerprint density at radius 1 is 1.10 bits per heavy atom. The van der Waals surface area contributed by atoms with Crippen LogP contribution in [0.5, 0.6) is 0 Å². The molecule has 0 aliphatic heterocycles. The molecule has 2 rings (SSSR count). The molecule has 1 aromatic heterocycles. The number of rotatable bonds is 5. The summed E-state index contributed by atoms with van der Waals surface area (Å²) in [5, 5.41) is 0. The Kier molecular flexibility index (Phi) is 4.51. The molecule has 0 unspecified atom stereocenters. The maximum atomic E-state index is 11.7. The Morgan fingerprint density at radius 2 is 1.80 bits per heavy atom. The van der Waals surface area contributed by atoms with Crippen molar-refractivity contribution < 1.29 is 9.21 Å². The van der Waals surface area contributed by atoms with Gasteiger partial charge in [0.25, 0.3) is 0 Å². The summed E-state index contributed by atoms with van der Waals surface area (Å²) in [6.45, 7) is 3.79. The van der Waals surface area contributed by atoms with Gasteiger partial charge in [-0.15, -0.1) is 0 Å². The second kappa shape index (κ2) is 6.33. The van der Waals surface area contributed by atoms with Crippen LogP contribution in [0, 0.1) is 5.92 Å². The molecule has 0 N–H and O–H groups in total. The van der Waals surface area contributed by atoms with Gasteiger partial charge in [0.05, 0.1) is 0 Å². The fourth-order valence-electron chi connectivity index (χ4n) is 2.02. The van der Waals surface area contributed by atoms with Gasteiger partial charge in [0, 0.05) is 24.0 Å². The van der Waals surface area contributed by atoms with Crippen molar-refractivity contribution in [1.82, 2.24) is 0 Å². The van der Waals surface area contributed by atoms with Gasteiger partial charge in [0.2, 0.25) is 0 Å². The third-order valence-corrected chi connectivity index (χ3v) is 3.24. The van der Waals surface area contributed by atoms with Gasteiger partial charge in [0.1, 0.15) is 11.5 Å². The zero-order chi connectivity index (χ0) is 14.5. The minimum Gasteiger partial charge on any atom is -0.422 e. The second-order valence-corrected chi connectivity index (χ2v) is 5.10. The number of hydrogen-bond donors (Lipinski definition) is 0. The molecular formula is C17H18O3. The third kappa shape index (κ3) is 3.44. The first-order valence-electron chi connectivity index (χ1n) is 6.79. The predicted molar refractivity (Wildman–Crippen MR) is 78.6 cm³/mol. The van der Waals surface area contributed by atoms with Crippen LogP contribution in [0.3, 0.4) is 0 Å². The Morgan fingerprint density at radius 3 is 2.45 bits per heavy atom. The average Bonchev–Trinajstić information content (AvgIpc) is 2.46. The van der Waals surface area contributed by atoms with Gasteiger partial charge in [-0.05, 0) is 18.1 Å². The molecule has 0 saturated carbocycles. The van der Waals surface area contributed by atoms with E-state index in [4.69, 9.17) is 4.42 Å². The molecule has 0 atom stereocenters. The minimum atomic E-state index is -0.372. The first kappa shape index (κ1) is 14.3. The van der Waals surface area contributed by atoms with Crippen LogP contribution in [-0.4, -0.2) is 5.78 Å². The summed E-state index contributed by atoms with van der Waals surface area (Å²) >= 11 is 0. The van der Waals surface area contributed by atoms with Crippen molar-refractivity contribution in [1.29, 1.82) is 0 Å². The highest BCUT2D eigenvalue weighted by Gasteiger charge is 2.12. The summed E-state index contributed by atoms with van der Waals surface area (Å²) in [6, 6.07) is 12.6. The lowest BCUT2D eigenvalue weighted by Crippen LogP contribution is -2.09. The van der Waals surface area contributed by atoms with E-state index in [0.29, 0.717) is 18.6 Å². The van der Waals surface area contributed by atoms with E-state index in [2.05, 4.69) is 0 Å². The number of aryl methyl sites for hydroxylation is 1. The Hall–Kier alpha value is -2.16. The number of Topliss-reactive ketones (excluding diaryl/α,β-unsaturated/α-hetero) is 1. The lowest BCUT2D eigenvalue weighted by molar-refractivity contribution is -0.121. The van der Waals surface area contributed by atoms with Crippen LogP contribution in [0.25, 0.3) is 11.3 Å². The monoisotopic (exact) mass is 270 g/mol. The smallest absolute Gasteiger partial charge is 0.336 e. The van der Waals surface area contributed by atoms with E-state index in [1.807, 2.05) is 44.2 Å². The number of ketones is 1. The predicted octanol–water partition coefficient (Wildman–Crippen LogP) is 3.46. The molecule has 104 valence electrons. The number of hydrogen-bond acceptors (Lipinski definition) is 3. The van der Waals surface area contributed by atoms with E-state index in [1.54, 1.807) is 6.07 Å². The average molecular weight is 270 g/mol. The van der Waals surface area contributed by atoms with Crippen LogP contribution in [-0.2, 0) is 11.2 Å². The van der Waals surface area contributed by atoms with E-state index >= 15 is 0 Å². The molecule has 0 spiro atoms. The van der Waals surface area contributed by atoms with Gasteiger partial charge >= 0.3 is 5.63 Å². The van der Waals surface area contributed by atoms with Gasteiger partial charge in [-0.2, -0.15) is 0 Å². The molecular weight excluding hydrogens is 252 g/mol. The lowest BCUT2D eigenvalue weighted by Gasteiger charge is -2.08. The zero-order valence-corrected chi connectivity index (χ0v) is 11.8. The van der Waals surface area contributed by atoms with Crippen molar-refractivity contribution in [2.24, 2.45) is 5.92 Å². The van der Waals surface area contributed by atoms with Crippen molar-refractivity contribution in [3.8, 4) is 11.3 Å². The van der Waals surface area contributed by atoms with Crippen molar-refractivity contribution >= 4 is 5.78 Å². The van der Waals surface area contributed by atoms with Crippen LogP contribution < -0.4 is 5.63 Å². The molecule has 0 fully saturated rings. The summed E-state index contributed by atoms with van der Waals surface area (Å²) in [5.41, 5.74) is 1.38. The lowest BCUT2D eigenvalue weighted by atomic mass is 9.98.